The first-order valence-corrected chi connectivity index (χ1v) is 14.7. The molecule has 0 radical (unpaired) electrons. The van der Waals surface area contributed by atoms with Gasteiger partial charge in [0.25, 0.3) is 0 Å². The quantitative estimate of drug-likeness (QED) is 0.195. The fourth-order valence-corrected chi connectivity index (χ4v) is 5.87. The van der Waals surface area contributed by atoms with Crippen molar-refractivity contribution in [3.8, 4) is 0 Å². The van der Waals surface area contributed by atoms with Gasteiger partial charge in [-0.2, -0.15) is 0 Å². The second-order valence-corrected chi connectivity index (χ2v) is 10.4. The van der Waals surface area contributed by atoms with Gasteiger partial charge in [0.2, 0.25) is 0 Å². The Labute approximate surface area is 229 Å². The minimum Gasteiger partial charge on any atom is -0.378 e. The lowest BCUT2D eigenvalue weighted by Crippen LogP contribution is -2.46. The summed E-state index contributed by atoms with van der Waals surface area (Å²) >= 11 is 0. The van der Waals surface area contributed by atoms with Crippen molar-refractivity contribution in [3.05, 3.63) is 107 Å². The molecule has 1 aliphatic carbocycles. The van der Waals surface area contributed by atoms with Crippen LogP contribution in [0.4, 0.5) is 0 Å². The van der Waals surface area contributed by atoms with Gasteiger partial charge in [0.05, 0.1) is 32.0 Å². The fraction of sp³-hybridized carbons (Fsp3) is 0.471. The van der Waals surface area contributed by atoms with Gasteiger partial charge in [0.1, 0.15) is 0 Å². The molecule has 0 spiro atoms. The van der Waals surface area contributed by atoms with E-state index in [0.717, 1.165) is 0 Å². The molecule has 38 heavy (non-hydrogen) atoms. The topological polar surface area (TPSA) is 56.5 Å². The van der Waals surface area contributed by atoms with Gasteiger partial charge in [0, 0.05) is 13.1 Å². The molecule has 4 heteroatoms. The van der Waals surface area contributed by atoms with Crippen LogP contribution in [0.25, 0.3) is 0 Å². The van der Waals surface area contributed by atoms with Gasteiger partial charge in [-0.15, -0.1) is 0 Å². The Balaban J connectivity index is 1.60. The van der Waals surface area contributed by atoms with Gasteiger partial charge in [-0.3, -0.25) is 5.32 Å². The summed E-state index contributed by atoms with van der Waals surface area (Å²) in [6, 6.07) is 31.1. The second-order valence-electron chi connectivity index (χ2n) is 10.4. The third-order valence-corrected chi connectivity index (χ3v) is 7.85. The van der Waals surface area contributed by atoms with Crippen LogP contribution in [-0.4, -0.2) is 39.5 Å². The number of rotatable bonds is 13. The Morgan fingerprint density at radius 3 is 1.66 bits per heavy atom. The van der Waals surface area contributed by atoms with Crippen LogP contribution in [0.15, 0.2) is 84.9 Å². The highest BCUT2D eigenvalue weighted by Crippen LogP contribution is 2.38. The monoisotopic (exact) mass is 514 g/mol. The van der Waals surface area contributed by atoms with E-state index in [9.17, 15) is 0 Å². The van der Waals surface area contributed by atoms with Crippen LogP contribution >= 0.6 is 0 Å². The summed E-state index contributed by atoms with van der Waals surface area (Å²) in [6.45, 7) is 3.57. The van der Waals surface area contributed by atoms with Crippen molar-refractivity contribution in [1.29, 1.82) is 0 Å². The largest absolute Gasteiger partial charge is 0.378 e. The normalized spacial score (nSPS) is 15.5. The van der Waals surface area contributed by atoms with Crippen LogP contribution in [0, 0.1) is 0 Å². The zero-order chi connectivity index (χ0) is 26.3. The van der Waals surface area contributed by atoms with E-state index in [1.807, 2.05) is 0 Å². The molecule has 0 bridgehead atoms. The molecule has 3 aromatic rings. The number of hydrogen-bond acceptors (Lipinski definition) is 4. The summed E-state index contributed by atoms with van der Waals surface area (Å²) in [5.74, 6) is 0.674. The lowest BCUT2D eigenvalue weighted by atomic mass is 9.76. The third-order valence-electron chi connectivity index (χ3n) is 7.85. The van der Waals surface area contributed by atoms with Gasteiger partial charge in [-0.05, 0) is 41.0 Å². The molecule has 4 nitrogen and oxygen atoms in total. The first-order valence-electron chi connectivity index (χ1n) is 14.7. The second kappa shape index (κ2) is 15.8. The summed E-state index contributed by atoms with van der Waals surface area (Å²) in [5, 5.41) is 3.92. The lowest BCUT2D eigenvalue weighted by molar-refractivity contribution is 0.0507. The molecule has 0 atom stereocenters. The zero-order valence-corrected chi connectivity index (χ0v) is 23.0. The van der Waals surface area contributed by atoms with Crippen molar-refractivity contribution in [2.24, 2.45) is 5.73 Å². The van der Waals surface area contributed by atoms with E-state index < -0.39 is 5.54 Å². The van der Waals surface area contributed by atoms with Gasteiger partial charge < -0.3 is 15.2 Å². The van der Waals surface area contributed by atoms with Crippen molar-refractivity contribution in [3.63, 3.8) is 0 Å². The van der Waals surface area contributed by atoms with Crippen LogP contribution in [0.1, 0.15) is 79.5 Å². The highest BCUT2D eigenvalue weighted by atomic mass is 16.5. The molecule has 3 aromatic carbocycles. The maximum absolute atomic E-state index is 5.89. The third kappa shape index (κ3) is 7.77. The first-order chi connectivity index (χ1) is 18.8. The molecule has 204 valence electrons. The molecule has 0 saturated heterocycles. The predicted octanol–water partition coefficient (Wildman–Crippen LogP) is 6.78. The van der Waals surface area contributed by atoms with Crippen LogP contribution in [0.5, 0.6) is 0 Å². The Morgan fingerprint density at radius 2 is 1.11 bits per heavy atom. The van der Waals surface area contributed by atoms with E-state index in [-0.39, 0.29) is 0 Å². The number of hydrogen-bond donors (Lipinski definition) is 2. The molecule has 4 rings (SSSR count). The van der Waals surface area contributed by atoms with Crippen LogP contribution in [-0.2, 0) is 15.0 Å². The molecule has 1 fully saturated rings. The molecule has 0 aromatic heterocycles. The highest BCUT2D eigenvalue weighted by molar-refractivity contribution is 5.50. The number of benzene rings is 3. The van der Waals surface area contributed by atoms with E-state index in [2.05, 4.69) is 90.2 Å². The van der Waals surface area contributed by atoms with E-state index in [1.54, 1.807) is 0 Å². The number of ether oxygens (including phenoxy) is 2. The summed E-state index contributed by atoms with van der Waals surface area (Å²) in [5.41, 5.74) is 10.2. The molecule has 1 aliphatic rings. The smallest absolute Gasteiger partial charge is 0.0948 e. The molecule has 0 heterocycles. The molecule has 1 saturated carbocycles. The van der Waals surface area contributed by atoms with Crippen LogP contribution < -0.4 is 11.1 Å². The molecule has 0 amide bonds. The van der Waals surface area contributed by atoms with Gasteiger partial charge in [0.15, 0.2) is 0 Å². The van der Waals surface area contributed by atoms with E-state index in [4.69, 9.17) is 15.2 Å². The van der Waals surface area contributed by atoms with Crippen molar-refractivity contribution in [1.82, 2.24) is 5.32 Å². The molecule has 3 N–H and O–H groups in total. The highest BCUT2D eigenvalue weighted by Gasteiger charge is 2.35. The Bertz CT molecular complexity index is 974. The van der Waals surface area contributed by atoms with Gasteiger partial charge >= 0.3 is 0 Å². The van der Waals surface area contributed by atoms with Gasteiger partial charge in [-0.1, -0.05) is 123 Å². The van der Waals surface area contributed by atoms with E-state index in [1.165, 1.54) is 73.6 Å². The standard InChI is InChI=1S/C34H46N2O2/c35-23-25-37-27-28-38-26-24-36-34(31-15-9-5-10-16-31,32-17-11-6-12-18-32)33-21-19-30(20-22-33)29-13-7-3-1-2-4-8-14-29/h5-6,9-12,15-22,29,36H,1-4,7-8,13-14,23-28,35H2. The van der Waals surface area contributed by atoms with E-state index in [0.29, 0.717) is 45.4 Å². The number of nitrogens with one attached hydrogen (secondary N) is 1. The minimum absolute atomic E-state index is 0.473. The van der Waals surface area contributed by atoms with Crippen LogP contribution in [0.3, 0.4) is 0 Å². The summed E-state index contributed by atoms with van der Waals surface area (Å²) in [7, 11) is 0. The Hall–Kier alpha value is -2.50. The average molecular weight is 515 g/mol. The lowest BCUT2D eigenvalue weighted by Gasteiger charge is -2.37. The molecule has 0 aliphatic heterocycles. The van der Waals surface area contributed by atoms with Crippen molar-refractivity contribution < 1.29 is 9.47 Å². The fourth-order valence-electron chi connectivity index (χ4n) is 5.87. The SMILES string of the molecule is NCCOCCOCCNC(c1ccccc1)(c1ccccc1)c1ccc(C2CCCCCCCC2)cc1. The Morgan fingerprint density at radius 1 is 0.605 bits per heavy atom. The molecular weight excluding hydrogens is 468 g/mol. The zero-order valence-electron chi connectivity index (χ0n) is 23.0. The predicted molar refractivity (Wildman–Crippen MR) is 158 cm³/mol. The summed E-state index contributed by atoms with van der Waals surface area (Å²) in [6.07, 6.45) is 10.9. The van der Waals surface area contributed by atoms with Crippen LogP contribution in [0.2, 0.25) is 0 Å². The average Bonchev–Trinajstić information content (AvgIpc) is 3.12. The van der Waals surface area contributed by atoms with Crippen molar-refractivity contribution in [2.75, 3.05) is 39.5 Å². The van der Waals surface area contributed by atoms with Crippen molar-refractivity contribution >= 4 is 0 Å². The summed E-state index contributed by atoms with van der Waals surface area (Å²) in [4.78, 5) is 0. The van der Waals surface area contributed by atoms with Crippen molar-refractivity contribution in [2.45, 2.75) is 62.8 Å². The Kier molecular flexibility index (Phi) is 11.9. The minimum atomic E-state index is -0.473. The molecular formula is C34H46N2O2. The summed E-state index contributed by atoms with van der Waals surface area (Å²) < 4.78 is 11.3. The van der Waals surface area contributed by atoms with Gasteiger partial charge in [-0.25, -0.2) is 0 Å². The molecule has 0 unspecified atom stereocenters. The van der Waals surface area contributed by atoms with E-state index >= 15 is 0 Å². The maximum Gasteiger partial charge on any atom is 0.0948 e. The first kappa shape index (κ1) is 28.5. The number of nitrogens with two attached hydrogens (primary N) is 1. The maximum atomic E-state index is 5.89.